The van der Waals surface area contributed by atoms with Crippen molar-refractivity contribution < 1.29 is 18.0 Å². The van der Waals surface area contributed by atoms with Gasteiger partial charge in [-0.1, -0.05) is 34.1 Å². The Morgan fingerprint density at radius 1 is 1.07 bits per heavy atom. The first-order valence-corrected chi connectivity index (χ1v) is 11.9. The number of amides is 2. The van der Waals surface area contributed by atoms with Crippen LogP contribution in [-0.2, 0) is 14.6 Å². The van der Waals surface area contributed by atoms with Crippen molar-refractivity contribution in [2.75, 3.05) is 18.8 Å². The third-order valence-corrected chi connectivity index (χ3v) is 7.24. The van der Waals surface area contributed by atoms with Crippen molar-refractivity contribution in [3.05, 3.63) is 64.6 Å². The van der Waals surface area contributed by atoms with Crippen molar-refractivity contribution in [2.45, 2.75) is 30.2 Å². The van der Waals surface area contributed by atoms with Crippen LogP contribution >= 0.6 is 15.9 Å². The molecule has 2 aromatic rings. The molecule has 0 aliphatic carbocycles. The number of rotatable bonds is 7. The summed E-state index contributed by atoms with van der Waals surface area (Å²) >= 11 is 3.35. The molecule has 2 aromatic carbocycles. The SMILES string of the molecule is O=C(NCCCS(=O)(=O)c1ccccc1)C1CCCN1C(=O)c1ccc(Br)cc1. The number of carbonyl (C=O) groups excluding carboxylic acids is 2. The van der Waals surface area contributed by atoms with E-state index >= 15 is 0 Å². The minimum Gasteiger partial charge on any atom is -0.354 e. The number of sulfone groups is 1. The van der Waals surface area contributed by atoms with Gasteiger partial charge in [0.2, 0.25) is 5.91 Å². The fourth-order valence-electron chi connectivity index (χ4n) is 3.38. The van der Waals surface area contributed by atoms with E-state index in [4.69, 9.17) is 0 Å². The highest BCUT2D eigenvalue weighted by atomic mass is 79.9. The number of benzene rings is 2. The van der Waals surface area contributed by atoms with Crippen molar-refractivity contribution in [1.82, 2.24) is 10.2 Å². The molecule has 1 fully saturated rings. The number of nitrogens with one attached hydrogen (secondary N) is 1. The molecule has 1 saturated heterocycles. The normalized spacial score (nSPS) is 16.6. The molecule has 1 atom stereocenters. The molecule has 29 heavy (non-hydrogen) atoms. The van der Waals surface area contributed by atoms with Crippen molar-refractivity contribution in [3.63, 3.8) is 0 Å². The van der Waals surface area contributed by atoms with Gasteiger partial charge in [0.1, 0.15) is 6.04 Å². The maximum absolute atomic E-state index is 12.7. The Kier molecular flexibility index (Phi) is 7.08. The van der Waals surface area contributed by atoms with Crippen molar-refractivity contribution >= 4 is 37.6 Å². The monoisotopic (exact) mass is 478 g/mol. The summed E-state index contributed by atoms with van der Waals surface area (Å²) in [5.74, 6) is -0.435. The summed E-state index contributed by atoms with van der Waals surface area (Å²) in [4.78, 5) is 27.2. The summed E-state index contributed by atoms with van der Waals surface area (Å²) in [7, 11) is -3.36. The molecule has 0 spiro atoms. The summed E-state index contributed by atoms with van der Waals surface area (Å²) in [6.07, 6.45) is 1.69. The lowest BCUT2D eigenvalue weighted by atomic mass is 10.1. The minimum absolute atomic E-state index is 0.0382. The molecule has 154 valence electrons. The van der Waals surface area contributed by atoms with Gasteiger partial charge in [0.15, 0.2) is 9.84 Å². The van der Waals surface area contributed by atoms with E-state index in [0.29, 0.717) is 24.9 Å². The first kappa shape index (κ1) is 21.5. The number of hydrogen-bond acceptors (Lipinski definition) is 4. The number of nitrogens with zero attached hydrogens (tertiary/aromatic N) is 1. The van der Waals surface area contributed by atoms with E-state index in [-0.39, 0.29) is 29.0 Å². The standard InChI is InChI=1S/C21H23BrN2O4S/c22-17-11-9-16(10-12-17)21(26)24-14-4-8-19(24)20(25)23-13-5-15-29(27,28)18-6-2-1-3-7-18/h1-3,6-7,9-12,19H,4-5,8,13-15H2,(H,23,25). The fraction of sp³-hybridized carbons (Fsp3) is 0.333. The maximum Gasteiger partial charge on any atom is 0.254 e. The third kappa shape index (κ3) is 5.45. The zero-order chi connectivity index (χ0) is 20.9. The summed E-state index contributed by atoms with van der Waals surface area (Å²) < 4.78 is 25.5. The molecule has 8 heteroatoms. The quantitative estimate of drug-likeness (QED) is 0.619. The smallest absolute Gasteiger partial charge is 0.254 e. The molecule has 1 unspecified atom stereocenters. The Bertz CT molecular complexity index is 962. The Morgan fingerprint density at radius 2 is 1.76 bits per heavy atom. The number of halogens is 1. The fourth-order valence-corrected chi connectivity index (χ4v) is 4.97. The van der Waals surface area contributed by atoms with E-state index in [2.05, 4.69) is 21.2 Å². The largest absolute Gasteiger partial charge is 0.354 e. The van der Waals surface area contributed by atoms with Crippen LogP contribution in [0.4, 0.5) is 0 Å². The van der Waals surface area contributed by atoms with Crippen LogP contribution in [0.1, 0.15) is 29.6 Å². The molecular formula is C21H23BrN2O4S. The van der Waals surface area contributed by atoms with Gasteiger partial charge in [-0.05, 0) is 55.7 Å². The summed E-state index contributed by atoms with van der Waals surface area (Å²) in [6, 6.07) is 14.8. The lowest BCUT2D eigenvalue weighted by Gasteiger charge is -2.24. The van der Waals surface area contributed by atoms with Crippen LogP contribution in [0.2, 0.25) is 0 Å². The predicted octanol–water partition coefficient (Wildman–Crippen LogP) is 3.03. The van der Waals surface area contributed by atoms with Gasteiger partial charge in [-0.3, -0.25) is 9.59 Å². The first-order chi connectivity index (χ1) is 13.9. The lowest BCUT2D eigenvalue weighted by molar-refractivity contribution is -0.124. The molecular weight excluding hydrogens is 456 g/mol. The van der Waals surface area contributed by atoms with E-state index in [1.54, 1.807) is 59.5 Å². The molecule has 3 rings (SSSR count). The van der Waals surface area contributed by atoms with E-state index in [0.717, 1.165) is 10.9 Å². The van der Waals surface area contributed by atoms with Gasteiger partial charge in [-0.2, -0.15) is 0 Å². The highest BCUT2D eigenvalue weighted by Crippen LogP contribution is 2.21. The van der Waals surface area contributed by atoms with Crippen LogP contribution in [0.15, 0.2) is 64.0 Å². The Hall–Kier alpha value is -2.19. The Balaban J connectivity index is 1.52. The topological polar surface area (TPSA) is 83.6 Å². The summed E-state index contributed by atoms with van der Waals surface area (Å²) in [6.45, 7) is 0.789. The molecule has 0 aromatic heterocycles. The van der Waals surface area contributed by atoms with Crippen LogP contribution < -0.4 is 5.32 Å². The molecule has 0 saturated carbocycles. The van der Waals surface area contributed by atoms with Gasteiger partial charge >= 0.3 is 0 Å². The number of carbonyl (C=O) groups is 2. The molecule has 1 aliphatic rings. The zero-order valence-corrected chi connectivity index (χ0v) is 18.3. The molecule has 1 aliphatic heterocycles. The van der Waals surface area contributed by atoms with Crippen molar-refractivity contribution in [2.24, 2.45) is 0 Å². The molecule has 6 nitrogen and oxygen atoms in total. The second kappa shape index (κ2) is 9.54. The van der Waals surface area contributed by atoms with Crippen LogP contribution in [0, 0.1) is 0 Å². The van der Waals surface area contributed by atoms with Crippen molar-refractivity contribution in [3.8, 4) is 0 Å². The third-order valence-electron chi connectivity index (χ3n) is 4.90. The van der Waals surface area contributed by atoms with Crippen LogP contribution in [0.5, 0.6) is 0 Å². The van der Waals surface area contributed by atoms with Gasteiger partial charge in [0.05, 0.1) is 10.6 Å². The molecule has 0 radical (unpaired) electrons. The average Bonchev–Trinajstić information content (AvgIpc) is 3.22. The first-order valence-electron chi connectivity index (χ1n) is 9.50. The highest BCUT2D eigenvalue weighted by Gasteiger charge is 2.34. The second-order valence-corrected chi connectivity index (χ2v) is 9.96. The maximum atomic E-state index is 12.7. The van der Waals surface area contributed by atoms with Crippen LogP contribution in [0.25, 0.3) is 0 Å². The molecule has 2 amide bonds. The van der Waals surface area contributed by atoms with Crippen molar-refractivity contribution in [1.29, 1.82) is 0 Å². The summed E-state index contributed by atoms with van der Waals surface area (Å²) in [5.41, 5.74) is 0.543. The van der Waals surface area contributed by atoms with Crippen LogP contribution in [0.3, 0.4) is 0 Å². The highest BCUT2D eigenvalue weighted by molar-refractivity contribution is 9.10. The van der Waals surface area contributed by atoms with Gasteiger partial charge in [0, 0.05) is 23.1 Å². The number of likely N-dealkylation sites (tertiary alicyclic amines) is 1. The Morgan fingerprint density at radius 3 is 2.45 bits per heavy atom. The van der Waals surface area contributed by atoms with Gasteiger partial charge in [0.25, 0.3) is 5.91 Å². The molecule has 1 heterocycles. The average molecular weight is 479 g/mol. The molecule has 0 bridgehead atoms. The summed E-state index contributed by atoms with van der Waals surface area (Å²) in [5, 5.41) is 2.79. The number of hydrogen-bond donors (Lipinski definition) is 1. The minimum atomic E-state index is -3.36. The van der Waals surface area contributed by atoms with Gasteiger partial charge in [-0.15, -0.1) is 0 Å². The van der Waals surface area contributed by atoms with E-state index in [1.807, 2.05) is 0 Å². The Labute approximate surface area is 179 Å². The molecule has 1 N–H and O–H groups in total. The predicted molar refractivity (Wildman–Crippen MR) is 114 cm³/mol. The van der Waals surface area contributed by atoms with E-state index in [1.165, 1.54) is 0 Å². The van der Waals surface area contributed by atoms with Gasteiger partial charge in [-0.25, -0.2) is 8.42 Å². The zero-order valence-electron chi connectivity index (χ0n) is 15.9. The lowest BCUT2D eigenvalue weighted by Crippen LogP contribution is -2.46. The van der Waals surface area contributed by atoms with Gasteiger partial charge < -0.3 is 10.2 Å². The second-order valence-electron chi connectivity index (χ2n) is 6.94. The van der Waals surface area contributed by atoms with Crippen LogP contribution in [-0.4, -0.2) is 50.0 Å². The van der Waals surface area contributed by atoms with E-state index in [9.17, 15) is 18.0 Å². The van der Waals surface area contributed by atoms with E-state index < -0.39 is 15.9 Å².